The molecule has 2 aromatic carbocycles. The number of nitrogens with zero attached hydrogens (tertiary/aromatic N) is 3. The maximum Gasteiger partial charge on any atom is 0.302 e. The number of aromatic hydroxyl groups is 1. The Morgan fingerprint density at radius 1 is 1.32 bits per heavy atom. The Morgan fingerprint density at radius 2 is 2.07 bits per heavy atom. The van der Waals surface area contributed by atoms with Gasteiger partial charge in [0.2, 0.25) is 5.88 Å². The summed E-state index contributed by atoms with van der Waals surface area (Å²) in [6.45, 7) is 1.19. The molecule has 0 aliphatic carbocycles. The molecule has 0 saturated carbocycles. The summed E-state index contributed by atoms with van der Waals surface area (Å²) in [4.78, 5) is 25.1. The van der Waals surface area contributed by atoms with E-state index in [1.54, 1.807) is 13.0 Å². The summed E-state index contributed by atoms with van der Waals surface area (Å²) in [6, 6.07) is 7.11. The number of carbonyl (C=O) groups excluding carboxylic acids is 1. The molecule has 0 bridgehead atoms. The molecule has 1 amide bonds. The summed E-state index contributed by atoms with van der Waals surface area (Å²) in [6.07, 6.45) is 0. The number of H-pyrrole nitrogens is 1. The second-order valence-electron chi connectivity index (χ2n) is 5.72. The van der Waals surface area contributed by atoms with E-state index in [4.69, 9.17) is 27.9 Å². The van der Waals surface area contributed by atoms with Crippen LogP contribution in [-0.2, 0) is 4.79 Å². The van der Waals surface area contributed by atoms with Crippen molar-refractivity contribution >= 4 is 51.4 Å². The van der Waals surface area contributed by atoms with Crippen LogP contribution < -0.4 is 4.74 Å². The number of rotatable bonds is 5. The van der Waals surface area contributed by atoms with E-state index in [9.17, 15) is 20.0 Å². The van der Waals surface area contributed by atoms with Gasteiger partial charge in [-0.25, -0.2) is 0 Å². The Hall–Kier alpha value is -3.17. The molecule has 0 radical (unpaired) electrons. The molecule has 0 aliphatic rings. The lowest BCUT2D eigenvalue weighted by atomic mass is 10.1. The number of halogens is 2. The lowest BCUT2D eigenvalue weighted by Crippen LogP contribution is -2.08. The fraction of sp³-hybridized carbons (Fsp3) is 0.118. The van der Waals surface area contributed by atoms with Crippen molar-refractivity contribution in [2.45, 2.75) is 6.92 Å². The number of fused-ring (bicyclic) bond motifs is 1. The van der Waals surface area contributed by atoms with Gasteiger partial charge in [0.15, 0.2) is 12.3 Å². The predicted octanol–water partition coefficient (Wildman–Crippen LogP) is 5.09. The summed E-state index contributed by atoms with van der Waals surface area (Å²) in [5, 5.41) is 29.2. The molecule has 0 aliphatic heterocycles. The Balaban J connectivity index is 1.81. The van der Waals surface area contributed by atoms with Crippen LogP contribution in [0.25, 0.3) is 10.9 Å². The number of aromatic nitrogens is 1. The monoisotopic (exact) mass is 422 g/mol. The van der Waals surface area contributed by atoms with E-state index in [0.29, 0.717) is 16.1 Å². The molecule has 0 fully saturated rings. The van der Waals surface area contributed by atoms with Gasteiger partial charge in [-0.15, -0.1) is 10.2 Å². The molecule has 28 heavy (non-hydrogen) atoms. The number of aryl methyl sites for hydroxylation is 1. The Labute approximate surface area is 167 Å². The molecular formula is C17H12Cl2N4O5. The number of hydrogen-bond donors (Lipinski definition) is 2. The number of aromatic amines is 1. The Bertz CT molecular complexity index is 1130. The molecule has 9 nitrogen and oxygen atoms in total. The number of carbonyl (C=O) groups is 1. The minimum atomic E-state index is -0.748. The number of azo groups is 1. The summed E-state index contributed by atoms with van der Waals surface area (Å²) in [7, 11) is 0. The van der Waals surface area contributed by atoms with E-state index in [1.165, 1.54) is 24.3 Å². The number of ether oxygens (including phenoxy) is 1. The largest absolute Gasteiger partial charge is 0.493 e. The van der Waals surface area contributed by atoms with E-state index in [-0.39, 0.29) is 33.4 Å². The van der Waals surface area contributed by atoms with Gasteiger partial charge in [-0.1, -0.05) is 23.2 Å². The van der Waals surface area contributed by atoms with E-state index in [2.05, 4.69) is 15.2 Å². The van der Waals surface area contributed by atoms with Gasteiger partial charge >= 0.3 is 5.91 Å². The average Bonchev–Trinajstić information content (AvgIpc) is 2.95. The van der Waals surface area contributed by atoms with Gasteiger partial charge in [-0.2, -0.15) is 0 Å². The molecule has 0 unspecified atom stereocenters. The third-order valence-electron chi connectivity index (χ3n) is 3.76. The first-order chi connectivity index (χ1) is 13.3. The minimum Gasteiger partial charge on any atom is -0.493 e. The van der Waals surface area contributed by atoms with Gasteiger partial charge in [0.1, 0.15) is 5.75 Å². The quantitative estimate of drug-likeness (QED) is 0.336. The van der Waals surface area contributed by atoms with E-state index >= 15 is 0 Å². The van der Waals surface area contributed by atoms with Crippen LogP contribution in [0.1, 0.15) is 5.56 Å². The van der Waals surface area contributed by atoms with Crippen molar-refractivity contribution in [2.24, 2.45) is 10.2 Å². The Morgan fingerprint density at radius 3 is 2.75 bits per heavy atom. The number of hydrogen-bond acceptors (Lipinski definition) is 6. The minimum absolute atomic E-state index is 0.0836. The maximum absolute atomic E-state index is 11.9. The summed E-state index contributed by atoms with van der Waals surface area (Å²) < 4.78 is 5.26. The highest BCUT2D eigenvalue weighted by Crippen LogP contribution is 2.39. The third-order valence-corrected chi connectivity index (χ3v) is 4.29. The van der Waals surface area contributed by atoms with Gasteiger partial charge < -0.3 is 14.8 Å². The molecule has 144 valence electrons. The van der Waals surface area contributed by atoms with Crippen molar-refractivity contribution in [3.05, 3.63) is 56.1 Å². The SMILES string of the molecule is Cc1cc([N+](=O)[O-])cc2c(N=NC(=O)COc3ccc(Cl)cc3Cl)c(O)[nH]c12. The van der Waals surface area contributed by atoms with Gasteiger partial charge in [0.25, 0.3) is 5.69 Å². The Kier molecular flexibility index (Phi) is 5.48. The van der Waals surface area contributed by atoms with Crippen molar-refractivity contribution in [1.29, 1.82) is 0 Å². The van der Waals surface area contributed by atoms with Gasteiger partial charge in [-0.3, -0.25) is 14.9 Å². The van der Waals surface area contributed by atoms with Gasteiger partial charge in [0, 0.05) is 22.5 Å². The molecular weight excluding hydrogens is 411 g/mol. The molecule has 1 aromatic heterocycles. The maximum atomic E-state index is 11.9. The lowest BCUT2D eigenvalue weighted by molar-refractivity contribution is -0.384. The number of benzene rings is 2. The number of nitro benzene ring substituents is 1. The highest BCUT2D eigenvalue weighted by atomic mass is 35.5. The second kappa shape index (κ2) is 7.83. The summed E-state index contributed by atoms with van der Waals surface area (Å²) in [5.41, 5.74) is 0.730. The van der Waals surface area contributed by atoms with Crippen LogP contribution in [0, 0.1) is 17.0 Å². The highest BCUT2D eigenvalue weighted by Gasteiger charge is 2.18. The van der Waals surface area contributed by atoms with Crippen LogP contribution in [0.15, 0.2) is 40.6 Å². The van der Waals surface area contributed by atoms with Crippen molar-refractivity contribution < 1.29 is 19.6 Å². The topological polar surface area (TPSA) is 130 Å². The average molecular weight is 423 g/mol. The fourth-order valence-corrected chi connectivity index (χ4v) is 2.96. The molecule has 0 saturated heterocycles. The standard InChI is InChI=1S/C17H12Cl2N4O5/c1-8-4-10(23(26)27)6-11-15(8)20-17(25)16(11)22-21-14(24)7-28-13-3-2-9(18)5-12(13)19/h2-6,20,25H,7H2,1H3. The predicted molar refractivity (Wildman–Crippen MR) is 103 cm³/mol. The van der Waals surface area contributed by atoms with Crippen LogP contribution >= 0.6 is 23.2 Å². The molecule has 2 N–H and O–H groups in total. The molecule has 0 atom stereocenters. The van der Waals surface area contributed by atoms with Gasteiger partial charge in [-0.05, 0) is 30.7 Å². The summed E-state index contributed by atoms with van der Waals surface area (Å²) >= 11 is 11.7. The number of nitro groups is 1. The van der Waals surface area contributed by atoms with Crippen LogP contribution in [0.4, 0.5) is 11.4 Å². The van der Waals surface area contributed by atoms with Crippen molar-refractivity contribution in [2.75, 3.05) is 6.61 Å². The first kappa shape index (κ1) is 19.6. The molecule has 0 spiro atoms. The highest BCUT2D eigenvalue weighted by molar-refractivity contribution is 6.35. The molecule has 3 aromatic rings. The van der Waals surface area contributed by atoms with Crippen LogP contribution in [0.2, 0.25) is 10.0 Å². The zero-order chi connectivity index (χ0) is 20.4. The third kappa shape index (κ3) is 4.05. The lowest BCUT2D eigenvalue weighted by Gasteiger charge is -2.05. The normalized spacial score (nSPS) is 11.2. The van der Waals surface area contributed by atoms with Crippen molar-refractivity contribution in [1.82, 2.24) is 4.98 Å². The smallest absolute Gasteiger partial charge is 0.302 e. The van der Waals surface area contributed by atoms with Crippen LogP contribution in [0.3, 0.4) is 0 Å². The first-order valence-electron chi connectivity index (χ1n) is 7.78. The zero-order valence-corrected chi connectivity index (χ0v) is 15.8. The zero-order valence-electron chi connectivity index (χ0n) is 14.3. The van der Waals surface area contributed by atoms with E-state index in [0.717, 1.165) is 0 Å². The van der Waals surface area contributed by atoms with E-state index < -0.39 is 17.4 Å². The fourth-order valence-electron chi connectivity index (χ4n) is 2.50. The van der Waals surface area contributed by atoms with Crippen molar-refractivity contribution in [3.63, 3.8) is 0 Å². The van der Waals surface area contributed by atoms with Crippen molar-refractivity contribution in [3.8, 4) is 11.6 Å². The van der Waals surface area contributed by atoms with Gasteiger partial charge in [0.05, 0.1) is 15.5 Å². The number of amides is 1. The number of nitrogens with one attached hydrogen (secondary N) is 1. The second-order valence-corrected chi connectivity index (χ2v) is 6.57. The van der Waals surface area contributed by atoms with Crippen LogP contribution in [0.5, 0.6) is 11.6 Å². The number of non-ortho nitro benzene ring substituents is 1. The molecule has 3 rings (SSSR count). The van der Waals surface area contributed by atoms with Crippen LogP contribution in [-0.4, -0.2) is 27.5 Å². The molecule has 1 heterocycles. The first-order valence-corrected chi connectivity index (χ1v) is 8.54. The molecule has 11 heteroatoms. The summed E-state index contributed by atoms with van der Waals surface area (Å²) in [5.74, 6) is -0.866. The van der Waals surface area contributed by atoms with E-state index in [1.807, 2.05) is 0 Å².